The lowest BCUT2D eigenvalue weighted by molar-refractivity contribution is 0.0569. The lowest BCUT2D eigenvalue weighted by atomic mass is 10.1. The third-order valence-corrected chi connectivity index (χ3v) is 3.93. The van der Waals surface area contributed by atoms with Crippen LogP contribution < -0.4 is 4.90 Å². The maximum atomic E-state index is 9.71. The highest BCUT2D eigenvalue weighted by Gasteiger charge is 2.20. The molecule has 96 valence electrons. The molecule has 0 aliphatic carbocycles. The monoisotopic (exact) mass is 255 g/mol. The minimum Gasteiger partial charge on any atom is -0.390 e. The summed E-state index contributed by atoms with van der Waals surface area (Å²) < 4.78 is 0. The van der Waals surface area contributed by atoms with Gasteiger partial charge in [-0.1, -0.05) is 0 Å². The molecule has 1 aliphatic heterocycles. The molecule has 5 heteroatoms. The van der Waals surface area contributed by atoms with E-state index < -0.39 is 5.60 Å². The summed E-state index contributed by atoms with van der Waals surface area (Å²) in [6, 6.07) is 0. The third-order valence-electron chi connectivity index (χ3n) is 3.10. The van der Waals surface area contributed by atoms with Crippen molar-refractivity contribution in [3.63, 3.8) is 0 Å². The Morgan fingerprint density at radius 2 is 2.06 bits per heavy atom. The number of hydrogen-bond donors (Lipinski definition) is 1. The van der Waals surface area contributed by atoms with Crippen molar-refractivity contribution in [3.05, 3.63) is 11.6 Å². The first-order valence-corrected chi connectivity index (χ1v) is 7.02. The van der Waals surface area contributed by atoms with Crippen molar-refractivity contribution >= 4 is 16.5 Å². The van der Waals surface area contributed by atoms with Gasteiger partial charge in [0.2, 0.25) is 0 Å². The molecule has 0 saturated carbocycles. The number of anilines is 1. The van der Waals surface area contributed by atoms with Gasteiger partial charge >= 0.3 is 0 Å². The number of hydrogen-bond acceptors (Lipinski definition) is 5. The predicted octanol–water partition coefficient (Wildman–Crippen LogP) is 1.43. The number of nitrogens with zero attached hydrogens (tertiary/aromatic N) is 3. The molecule has 0 atom stereocenters. The van der Waals surface area contributed by atoms with Gasteiger partial charge in [-0.05, 0) is 20.3 Å². The van der Waals surface area contributed by atoms with Gasteiger partial charge in [0.05, 0.1) is 5.60 Å². The second kappa shape index (κ2) is 5.33. The van der Waals surface area contributed by atoms with E-state index in [1.54, 1.807) is 11.3 Å². The van der Waals surface area contributed by atoms with Crippen molar-refractivity contribution in [2.24, 2.45) is 0 Å². The molecule has 0 radical (unpaired) electrons. The topological polar surface area (TPSA) is 39.6 Å². The van der Waals surface area contributed by atoms with Crippen molar-refractivity contribution in [2.75, 3.05) is 37.6 Å². The highest BCUT2D eigenvalue weighted by Crippen LogP contribution is 2.19. The highest BCUT2D eigenvalue weighted by molar-refractivity contribution is 7.13. The van der Waals surface area contributed by atoms with Crippen LogP contribution in [0.4, 0.5) is 5.13 Å². The largest absolute Gasteiger partial charge is 0.390 e. The Hall–Kier alpha value is -0.650. The van der Waals surface area contributed by atoms with E-state index in [4.69, 9.17) is 0 Å². The molecule has 1 fully saturated rings. The zero-order valence-corrected chi connectivity index (χ0v) is 11.4. The van der Waals surface area contributed by atoms with Gasteiger partial charge in [0.25, 0.3) is 0 Å². The normalized spacial score (nSPS) is 18.6. The molecular weight excluding hydrogens is 234 g/mol. The summed E-state index contributed by atoms with van der Waals surface area (Å²) in [5.41, 5.74) is -0.549. The van der Waals surface area contributed by atoms with Crippen LogP contribution >= 0.6 is 11.3 Å². The molecule has 1 aromatic heterocycles. The van der Waals surface area contributed by atoms with Crippen LogP contribution in [0.3, 0.4) is 0 Å². The first kappa shape index (κ1) is 12.8. The van der Waals surface area contributed by atoms with Crippen LogP contribution in [0.2, 0.25) is 0 Å². The fourth-order valence-corrected chi connectivity index (χ4v) is 2.66. The molecule has 0 spiro atoms. The van der Waals surface area contributed by atoms with Crippen LogP contribution in [0.1, 0.15) is 20.3 Å². The van der Waals surface area contributed by atoms with Gasteiger partial charge < -0.3 is 10.0 Å². The summed E-state index contributed by atoms with van der Waals surface area (Å²) in [6.45, 7) is 8.94. The van der Waals surface area contributed by atoms with Crippen molar-refractivity contribution in [3.8, 4) is 0 Å². The lowest BCUT2D eigenvalue weighted by Crippen LogP contribution is -2.47. The molecule has 0 aromatic carbocycles. The molecule has 4 nitrogen and oxygen atoms in total. The predicted molar refractivity (Wildman–Crippen MR) is 71.7 cm³/mol. The fourth-order valence-electron chi connectivity index (χ4n) is 1.97. The number of thiazole rings is 1. The van der Waals surface area contributed by atoms with E-state index in [0.717, 1.165) is 44.3 Å². The summed E-state index contributed by atoms with van der Waals surface area (Å²) in [4.78, 5) is 9.09. The van der Waals surface area contributed by atoms with Gasteiger partial charge in [-0.3, -0.25) is 4.90 Å². The molecule has 17 heavy (non-hydrogen) atoms. The van der Waals surface area contributed by atoms with Crippen molar-refractivity contribution < 1.29 is 5.11 Å². The van der Waals surface area contributed by atoms with Crippen LogP contribution in [0.25, 0.3) is 0 Å². The first-order valence-electron chi connectivity index (χ1n) is 6.14. The zero-order chi connectivity index (χ0) is 12.3. The molecule has 0 amide bonds. The minimum absolute atomic E-state index is 0.549. The first-order chi connectivity index (χ1) is 8.04. The van der Waals surface area contributed by atoms with Crippen LogP contribution in [0.5, 0.6) is 0 Å². The Kier molecular flexibility index (Phi) is 4.01. The summed E-state index contributed by atoms with van der Waals surface area (Å²) in [5.74, 6) is 0. The average Bonchev–Trinajstić information content (AvgIpc) is 2.79. The Bertz CT molecular complexity index is 326. The number of aliphatic hydroxyl groups is 1. The van der Waals surface area contributed by atoms with Gasteiger partial charge in [0, 0.05) is 44.3 Å². The van der Waals surface area contributed by atoms with Crippen LogP contribution in [-0.4, -0.2) is 53.3 Å². The van der Waals surface area contributed by atoms with E-state index in [1.807, 2.05) is 25.4 Å². The van der Waals surface area contributed by atoms with Gasteiger partial charge in [-0.25, -0.2) is 4.98 Å². The van der Waals surface area contributed by atoms with E-state index in [2.05, 4.69) is 14.8 Å². The summed E-state index contributed by atoms with van der Waals surface area (Å²) >= 11 is 1.70. The van der Waals surface area contributed by atoms with Crippen molar-refractivity contribution in [2.45, 2.75) is 25.9 Å². The van der Waals surface area contributed by atoms with E-state index in [9.17, 15) is 5.11 Å². The fraction of sp³-hybridized carbons (Fsp3) is 0.750. The average molecular weight is 255 g/mol. The van der Waals surface area contributed by atoms with Gasteiger partial charge in [0.15, 0.2) is 5.13 Å². The van der Waals surface area contributed by atoms with Crippen LogP contribution in [0, 0.1) is 0 Å². The maximum Gasteiger partial charge on any atom is 0.185 e. The Morgan fingerprint density at radius 3 is 2.59 bits per heavy atom. The molecular formula is C12H21N3OS. The molecule has 1 N–H and O–H groups in total. The Morgan fingerprint density at radius 1 is 1.35 bits per heavy atom. The quantitative estimate of drug-likeness (QED) is 0.883. The zero-order valence-electron chi connectivity index (χ0n) is 10.6. The molecule has 0 bridgehead atoms. The smallest absolute Gasteiger partial charge is 0.185 e. The summed E-state index contributed by atoms with van der Waals surface area (Å²) in [7, 11) is 0. The number of piperazine rings is 1. The third kappa shape index (κ3) is 3.94. The molecule has 1 aromatic rings. The SMILES string of the molecule is CC(C)(O)CCN1CCN(c2nccs2)CC1. The standard InChI is InChI=1S/C12H21N3OS/c1-12(2,16)3-5-14-6-8-15(9-7-14)11-13-4-10-17-11/h4,10,16H,3,5-9H2,1-2H3. The minimum atomic E-state index is -0.549. The maximum absolute atomic E-state index is 9.71. The molecule has 1 saturated heterocycles. The van der Waals surface area contributed by atoms with E-state index in [1.165, 1.54) is 0 Å². The Labute approximate surface area is 107 Å². The lowest BCUT2D eigenvalue weighted by Gasteiger charge is -2.35. The second-order valence-electron chi connectivity index (χ2n) is 5.21. The van der Waals surface area contributed by atoms with Crippen LogP contribution in [0.15, 0.2) is 11.6 Å². The van der Waals surface area contributed by atoms with E-state index >= 15 is 0 Å². The van der Waals surface area contributed by atoms with Crippen molar-refractivity contribution in [1.82, 2.24) is 9.88 Å². The van der Waals surface area contributed by atoms with Crippen LogP contribution in [-0.2, 0) is 0 Å². The molecule has 2 rings (SSSR count). The number of rotatable bonds is 4. The molecule has 2 heterocycles. The summed E-state index contributed by atoms with van der Waals surface area (Å²) in [6.07, 6.45) is 2.70. The van der Waals surface area contributed by atoms with Gasteiger partial charge in [-0.2, -0.15) is 0 Å². The number of aromatic nitrogens is 1. The second-order valence-corrected chi connectivity index (χ2v) is 6.08. The van der Waals surface area contributed by atoms with E-state index in [0.29, 0.717) is 0 Å². The Balaban J connectivity index is 1.75. The van der Waals surface area contributed by atoms with Gasteiger partial charge in [-0.15, -0.1) is 11.3 Å². The highest BCUT2D eigenvalue weighted by atomic mass is 32.1. The molecule has 1 aliphatic rings. The van der Waals surface area contributed by atoms with E-state index in [-0.39, 0.29) is 0 Å². The van der Waals surface area contributed by atoms with Gasteiger partial charge in [0.1, 0.15) is 0 Å². The van der Waals surface area contributed by atoms with Crippen molar-refractivity contribution in [1.29, 1.82) is 0 Å². The summed E-state index contributed by atoms with van der Waals surface area (Å²) in [5, 5.41) is 12.9. The molecule has 0 unspecified atom stereocenters.